The molecule has 0 bridgehead atoms. The van der Waals surface area contributed by atoms with Gasteiger partial charge in [-0.2, -0.15) is 0 Å². The molecule has 2 aromatic heterocycles. The van der Waals surface area contributed by atoms with Gasteiger partial charge in [-0.1, -0.05) is 0 Å². The standard InChI is InChI=1S/C21H29N3O2S/c1-21(2,3)26-17(25)11-13-7-9-14(10-8-13)24-19-18-15-5-4-6-16(15)27-20(18)23-12-22-19/h12-14H,4-11H2,1-3H3,(H,22,23,24). The highest BCUT2D eigenvalue weighted by Crippen LogP contribution is 2.40. The number of thiophene rings is 1. The van der Waals surface area contributed by atoms with Gasteiger partial charge >= 0.3 is 5.97 Å². The van der Waals surface area contributed by atoms with Gasteiger partial charge in [-0.3, -0.25) is 4.79 Å². The molecule has 0 unspecified atom stereocenters. The van der Waals surface area contributed by atoms with Crippen LogP contribution in [0.2, 0.25) is 0 Å². The molecule has 4 rings (SSSR count). The average Bonchev–Trinajstić information content (AvgIpc) is 3.16. The number of ether oxygens (including phenoxy) is 1. The maximum Gasteiger partial charge on any atom is 0.306 e. The Bertz CT molecular complexity index is 832. The van der Waals surface area contributed by atoms with Crippen molar-refractivity contribution >= 4 is 33.3 Å². The number of hydrogen-bond acceptors (Lipinski definition) is 6. The molecule has 2 aliphatic rings. The Kier molecular flexibility index (Phi) is 5.10. The molecule has 0 saturated heterocycles. The fraction of sp³-hybridized carbons (Fsp3) is 0.667. The van der Waals surface area contributed by atoms with Gasteiger partial charge in [-0.25, -0.2) is 9.97 Å². The number of hydrogen-bond donors (Lipinski definition) is 1. The van der Waals surface area contributed by atoms with E-state index in [1.54, 1.807) is 6.33 Å². The van der Waals surface area contributed by atoms with Crippen LogP contribution < -0.4 is 5.32 Å². The van der Waals surface area contributed by atoms with Crippen LogP contribution in [0.1, 0.15) is 69.7 Å². The van der Waals surface area contributed by atoms with Crippen molar-refractivity contribution in [2.75, 3.05) is 5.32 Å². The van der Waals surface area contributed by atoms with Gasteiger partial charge in [0.1, 0.15) is 22.6 Å². The minimum absolute atomic E-state index is 0.0646. The molecule has 6 heteroatoms. The molecule has 27 heavy (non-hydrogen) atoms. The van der Waals surface area contributed by atoms with E-state index < -0.39 is 5.60 Å². The summed E-state index contributed by atoms with van der Waals surface area (Å²) in [5.74, 6) is 1.38. The molecule has 0 radical (unpaired) electrons. The molecule has 0 atom stereocenters. The molecule has 2 aliphatic carbocycles. The van der Waals surface area contributed by atoms with Crippen LogP contribution in [-0.4, -0.2) is 27.6 Å². The van der Waals surface area contributed by atoms with Crippen LogP contribution in [0, 0.1) is 5.92 Å². The summed E-state index contributed by atoms with van der Waals surface area (Å²) in [7, 11) is 0. The van der Waals surface area contributed by atoms with Crippen molar-refractivity contribution in [2.24, 2.45) is 5.92 Å². The van der Waals surface area contributed by atoms with Crippen molar-refractivity contribution in [1.82, 2.24) is 9.97 Å². The van der Waals surface area contributed by atoms with E-state index >= 15 is 0 Å². The monoisotopic (exact) mass is 387 g/mol. The van der Waals surface area contributed by atoms with Gasteiger partial charge < -0.3 is 10.1 Å². The molecule has 1 saturated carbocycles. The fourth-order valence-electron chi connectivity index (χ4n) is 4.36. The van der Waals surface area contributed by atoms with Crippen LogP contribution in [0.3, 0.4) is 0 Å². The van der Waals surface area contributed by atoms with Gasteiger partial charge in [0.15, 0.2) is 0 Å². The Morgan fingerprint density at radius 3 is 2.74 bits per heavy atom. The highest BCUT2D eigenvalue weighted by molar-refractivity contribution is 7.19. The summed E-state index contributed by atoms with van der Waals surface area (Å²) >= 11 is 1.83. The zero-order valence-electron chi connectivity index (χ0n) is 16.5. The number of anilines is 1. The lowest BCUT2D eigenvalue weighted by Crippen LogP contribution is -2.29. The minimum Gasteiger partial charge on any atom is -0.460 e. The number of esters is 1. The number of aromatic nitrogens is 2. The molecular formula is C21H29N3O2S. The van der Waals surface area contributed by atoms with Crippen molar-refractivity contribution in [2.45, 2.75) is 83.8 Å². The molecule has 1 fully saturated rings. The number of carbonyl (C=O) groups is 1. The van der Waals surface area contributed by atoms with Crippen molar-refractivity contribution in [1.29, 1.82) is 0 Å². The Hall–Kier alpha value is -1.69. The summed E-state index contributed by atoms with van der Waals surface area (Å²) in [6.07, 6.45) is 10.1. The molecule has 0 amide bonds. The zero-order valence-corrected chi connectivity index (χ0v) is 17.3. The highest BCUT2D eigenvalue weighted by Gasteiger charge is 2.27. The maximum absolute atomic E-state index is 12.1. The second kappa shape index (κ2) is 7.38. The average molecular weight is 388 g/mol. The van der Waals surface area contributed by atoms with Crippen molar-refractivity contribution in [3.05, 3.63) is 16.8 Å². The van der Waals surface area contributed by atoms with Crippen LogP contribution in [0.25, 0.3) is 10.2 Å². The van der Waals surface area contributed by atoms with E-state index in [4.69, 9.17) is 4.74 Å². The quantitative estimate of drug-likeness (QED) is 0.757. The molecule has 1 N–H and O–H groups in total. The van der Waals surface area contributed by atoms with Crippen LogP contribution in [0.5, 0.6) is 0 Å². The SMILES string of the molecule is CC(C)(C)OC(=O)CC1CCC(Nc2ncnc3sc4c(c23)CCC4)CC1. The lowest BCUT2D eigenvalue weighted by Gasteiger charge is -2.30. The summed E-state index contributed by atoms with van der Waals surface area (Å²) in [5, 5.41) is 4.95. The summed E-state index contributed by atoms with van der Waals surface area (Å²) in [4.78, 5) is 23.7. The third kappa shape index (κ3) is 4.26. The molecule has 0 spiro atoms. The van der Waals surface area contributed by atoms with Crippen molar-refractivity contribution in [3.63, 3.8) is 0 Å². The lowest BCUT2D eigenvalue weighted by molar-refractivity contribution is -0.156. The number of nitrogens with one attached hydrogen (secondary N) is 1. The third-order valence-corrected chi connectivity index (χ3v) is 6.76. The number of rotatable bonds is 4. The van der Waals surface area contributed by atoms with Gasteiger partial charge in [-0.05, 0) is 77.2 Å². The van der Waals surface area contributed by atoms with Crippen LogP contribution in [-0.2, 0) is 22.4 Å². The van der Waals surface area contributed by atoms with E-state index in [1.807, 2.05) is 32.1 Å². The summed E-state index contributed by atoms with van der Waals surface area (Å²) in [6, 6.07) is 0.426. The Morgan fingerprint density at radius 2 is 2.00 bits per heavy atom. The van der Waals surface area contributed by atoms with E-state index in [9.17, 15) is 4.79 Å². The van der Waals surface area contributed by atoms with E-state index in [-0.39, 0.29) is 5.97 Å². The first-order valence-electron chi connectivity index (χ1n) is 10.1. The predicted molar refractivity (Wildman–Crippen MR) is 109 cm³/mol. The predicted octanol–water partition coefficient (Wildman–Crippen LogP) is 4.88. The van der Waals surface area contributed by atoms with Gasteiger partial charge in [0, 0.05) is 17.3 Å². The summed E-state index contributed by atoms with van der Waals surface area (Å²) in [6.45, 7) is 5.78. The summed E-state index contributed by atoms with van der Waals surface area (Å²) < 4.78 is 5.47. The van der Waals surface area contributed by atoms with Crippen molar-refractivity contribution in [3.8, 4) is 0 Å². The number of nitrogens with zero attached hydrogens (tertiary/aromatic N) is 2. The minimum atomic E-state index is -0.394. The topological polar surface area (TPSA) is 64.1 Å². The lowest BCUT2D eigenvalue weighted by atomic mass is 9.84. The van der Waals surface area contributed by atoms with Gasteiger partial charge in [0.2, 0.25) is 0 Å². The molecule has 146 valence electrons. The first-order valence-corrected chi connectivity index (χ1v) is 10.9. The van der Waals surface area contributed by atoms with E-state index in [2.05, 4.69) is 15.3 Å². The molecule has 0 aromatic carbocycles. The number of carbonyl (C=O) groups excluding carboxylic acids is 1. The first kappa shape index (κ1) is 18.7. The van der Waals surface area contributed by atoms with E-state index in [1.165, 1.54) is 28.7 Å². The van der Waals surface area contributed by atoms with Gasteiger partial charge in [0.05, 0.1) is 5.39 Å². The molecule has 2 heterocycles. The normalized spacial score (nSPS) is 22.6. The van der Waals surface area contributed by atoms with E-state index in [0.717, 1.165) is 42.8 Å². The van der Waals surface area contributed by atoms with Gasteiger partial charge in [-0.15, -0.1) is 11.3 Å². The number of fused-ring (bicyclic) bond motifs is 3. The van der Waals surface area contributed by atoms with Gasteiger partial charge in [0.25, 0.3) is 0 Å². The van der Waals surface area contributed by atoms with Crippen LogP contribution in [0.15, 0.2) is 6.33 Å². The number of aryl methyl sites for hydroxylation is 2. The smallest absolute Gasteiger partial charge is 0.306 e. The third-order valence-electron chi connectivity index (χ3n) is 5.56. The molecule has 2 aromatic rings. The molecule has 0 aliphatic heterocycles. The second-order valence-electron chi connectivity index (χ2n) is 8.91. The zero-order chi connectivity index (χ0) is 19.0. The highest BCUT2D eigenvalue weighted by atomic mass is 32.1. The largest absolute Gasteiger partial charge is 0.460 e. The van der Waals surface area contributed by atoms with E-state index in [0.29, 0.717) is 18.4 Å². The Balaban J connectivity index is 1.36. The second-order valence-corrected chi connectivity index (χ2v) is 10.00. The van der Waals surface area contributed by atoms with Crippen LogP contribution in [0.4, 0.5) is 5.82 Å². The first-order chi connectivity index (χ1) is 12.9. The van der Waals surface area contributed by atoms with Crippen LogP contribution >= 0.6 is 11.3 Å². The molecule has 5 nitrogen and oxygen atoms in total. The molecular weight excluding hydrogens is 358 g/mol. The fourth-order valence-corrected chi connectivity index (χ4v) is 5.59. The summed E-state index contributed by atoms with van der Waals surface area (Å²) in [5.41, 5.74) is 1.08. The maximum atomic E-state index is 12.1. The van der Waals surface area contributed by atoms with Crippen molar-refractivity contribution < 1.29 is 9.53 Å². The Labute approximate surface area is 164 Å². The Morgan fingerprint density at radius 1 is 1.22 bits per heavy atom.